The van der Waals surface area contributed by atoms with Crippen molar-refractivity contribution in [2.45, 2.75) is 31.5 Å². The molecule has 0 aliphatic heterocycles. The van der Waals surface area contributed by atoms with E-state index in [-0.39, 0.29) is 23.4 Å². The summed E-state index contributed by atoms with van der Waals surface area (Å²) in [6.07, 6.45) is 2.68. The maximum Gasteiger partial charge on any atom is 0.353 e. The van der Waals surface area contributed by atoms with Crippen LogP contribution in [0.15, 0.2) is 5.16 Å². The molecule has 2 N–H and O–H groups in total. The lowest BCUT2D eigenvalue weighted by molar-refractivity contribution is -0.383. The summed E-state index contributed by atoms with van der Waals surface area (Å²) in [6, 6.07) is 0.109. The van der Waals surface area contributed by atoms with Crippen LogP contribution in [-0.4, -0.2) is 34.2 Å². The minimum absolute atomic E-state index is 0.109. The van der Waals surface area contributed by atoms with Crippen LogP contribution in [0, 0.1) is 10.1 Å². The van der Waals surface area contributed by atoms with Gasteiger partial charge in [0.25, 0.3) is 0 Å². The zero-order chi connectivity index (χ0) is 13.7. The third kappa shape index (κ3) is 3.22. The largest absolute Gasteiger partial charge is 0.367 e. The molecule has 1 aromatic heterocycles. The van der Waals surface area contributed by atoms with Crippen molar-refractivity contribution in [2.75, 3.05) is 23.9 Å². The van der Waals surface area contributed by atoms with Gasteiger partial charge >= 0.3 is 5.69 Å². The Bertz CT molecular complexity index is 441. The number of hydrogen-bond donors (Lipinski definition) is 2. The minimum Gasteiger partial charge on any atom is -0.367 e. The molecule has 18 heavy (non-hydrogen) atoms. The number of nitrogens with zero attached hydrogens (tertiary/aromatic N) is 3. The van der Waals surface area contributed by atoms with Crippen molar-refractivity contribution in [3.63, 3.8) is 0 Å². The number of thioether (sulfide) groups is 1. The van der Waals surface area contributed by atoms with E-state index in [2.05, 4.69) is 20.6 Å². The van der Waals surface area contributed by atoms with Gasteiger partial charge in [-0.25, -0.2) is 0 Å². The van der Waals surface area contributed by atoms with E-state index in [1.165, 1.54) is 11.8 Å². The van der Waals surface area contributed by atoms with Gasteiger partial charge in [-0.15, -0.1) is 0 Å². The number of nitrogens with one attached hydrogen (secondary N) is 2. The maximum atomic E-state index is 11.1. The normalized spacial score (nSPS) is 12.0. The Morgan fingerprint density at radius 1 is 1.44 bits per heavy atom. The summed E-state index contributed by atoms with van der Waals surface area (Å²) in [5, 5.41) is 17.4. The number of nitro groups is 1. The first-order valence-corrected chi connectivity index (χ1v) is 6.80. The SMILES string of the molecule is CCC(C)Nc1nc(SC)nc(NC)c1[N+](=O)[O-]. The molecule has 0 aliphatic rings. The molecule has 7 nitrogen and oxygen atoms in total. The van der Waals surface area contributed by atoms with Crippen molar-refractivity contribution in [3.05, 3.63) is 10.1 Å². The van der Waals surface area contributed by atoms with Gasteiger partial charge in [0.15, 0.2) is 5.16 Å². The van der Waals surface area contributed by atoms with Gasteiger partial charge in [-0.2, -0.15) is 9.97 Å². The van der Waals surface area contributed by atoms with Gasteiger partial charge in [-0.05, 0) is 19.6 Å². The standard InChI is InChI=1S/C10H17N5O2S/c1-5-6(2)12-9-7(15(16)17)8(11-3)13-10(14-9)18-4/h6H,5H2,1-4H3,(H2,11,12,13,14). The van der Waals surface area contributed by atoms with E-state index in [0.29, 0.717) is 5.16 Å². The van der Waals surface area contributed by atoms with Crippen LogP contribution in [0.4, 0.5) is 17.3 Å². The number of anilines is 2. The second-order valence-electron chi connectivity index (χ2n) is 3.72. The van der Waals surface area contributed by atoms with Crippen molar-refractivity contribution in [1.82, 2.24) is 9.97 Å². The predicted octanol–water partition coefficient (Wildman–Crippen LogP) is 2.36. The van der Waals surface area contributed by atoms with Crippen molar-refractivity contribution in [2.24, 2.45) is 0 Å². The molecule has 0 saturated heterocycles. The minimum atomic E-state index is -0.472. The molecule has 0 bridgehead atoms. The summed E-state index contributed by atoms with van der Waals surface area (Å²) in [4.78, 5) is 18.9. The molecule has 0 saturated carbocycles. The van der Waals surface area contributed by atoms with Crippen LogP contribution < -0.4 is 10.6 Å². The molecule has 0 fully saturated rings. The van der Waals surface area contributed by atoms with Crippen LogP contribution in [0.25, 0.3) is 0 Å². The fourth-order valence-electron chi connectivity index (χ4n) is 1.31. The summed E-state index contributed by atoms with van der Waals surface area (Å²) in [5.41, 5.74) is -0.115. The van der Waals surface area contributed by atoms with E-state index in [9.17, 15) is 10.1 Å². The molecule has 1 aromatic rings. The molecule has 1 atom stereocenters. The molecule has 0 radical (unpaired) electrons. The third-order valence-corrected chi connectivity index (χ3v) is 3.01. The molecule has 0 spiro atoms. The van der Waals surface area contributed by atoms with Gasteiger partial charge < -0.3 is 10.6 Å². The summed E-state index contributed by atoms with van der Waals surface area (Å²) in [5.74, 6) is 0.489. The van der Waals surface area contributed by atoms with Gasteiger partial charge in [-0.1, -0.05) is 18.7 Å². The monoisotopic (exact) mass is 271 g/mol. The summed E-state index contributed by atoms with van der Waals surface area (Å²) < 4.78 is 0. The van der Waals surface area contributed by atoms with E-state index in [1.54, 1.807) is 7.05 Å². The Kier molecular flexibility index (Phi) is 5.14. The molecule has 0 aliphatic carbocycles. The highest BCUT2D eigenvalue weighted by molar-refractivity contribution is 7.98. The summed E-state index contributed by atoms with van der Waals surface area (Å²) in [6.45, 7) is 3.95. The molecule has 0 aromatic carbocycles. The van der Waals surface area contributed by atoms with Crippen molar-refractivity contribution < 1.29 is 4.92 Å². The molecule has 1 unspecified atom stereocenters. The quantitative estimate of drug-likeness (QED) is 0.355. The number of rotatable bonds is 6. The highest BCUT2D eigenvalue weighted by Crippen LogP contribution is 2.32. The van der Waals surface area contributed by atoms with Crippen LogP contribution in [0.5, 0.6) is 0 Å². The average molecular weight is 271 g/mol. The first kappa shape index (κ1) is 14.5. The zero-order valence-electron chi connectivity index (χ0n) is 10.9. The summed E-state index contributed by atoms with van der Waals surface area (Å²) >= 11 is 1.34. The van der Waals surface area contributed by atoms with E-state index in [1.807, 2.05) is 20.1 Å². The van der Waals surface area contributed by atoms with Crippen LogP contribution in [0.2, 0.25) is 0 Å². The van der Waals surface area contributed by atoms with Gasteiger partial charge in [0.2, 0.25) is 11.6 Å². The Balaban J connectivity index is 3.29. The Hall–Kier alpha value is -1.57. The van der Waals surface area contributed by atoms with E-state index in [4.69, 9.17) is 0 Å². The molecule has 8 heteroatoms. The van der Waals surface area contributed by atoms with Crippen LogP contribution in [-0.2, 0) is 0 Å². The lowest BCUT2D eigenvalue weighted by atomic mass is 10.2. The second-order valence-corrected chi connectivity index (χ2v) is 4.49. The van der Waals surface area contributed by atoms with Gasteiger partial charge in [0.1, 0.15) is 0 Å². The van der Waals surface area contributed by atoms with Gasteiger partial charge in [0, 0.05) is 13.1 Å². The maximum absolute atomic E-state index is 11.1. The number of aromatic nitrogens is 2. The van der Waals surface area contributed by atoms with E-state index >= 15 is 0 Å². The third-order valence-electron chi connectivity index (χ3n) is 2.46. The van der Waals surface area contributed by atoms with E-state index in [0.717, 1.165) is 6.42 Å². The van der Waals surface area contributed by atoms with Crippen LogP contribution in [0.3, 0.4) is 0 Å². The lowest BCUT2D eigenvalue weighted by Gasteiger charge is -2.14. The second kappa shape index (κ2) is 6.39. The zero-order valence-corrected chi connectivity index (χ0v) is 11.7. The Labute approximate surface area is 110 Å². The van der Waals surface area contributed by atoms with Gasteiger partial charge in [-0.3, -0.25) is 10.1 Å². The predicted molar refractivity (Wildman–Crippen MR) is 73.4 cm³/mol. The van der Waals surface area contributed by atoms with Crippen molar-refractivity contribution in [1.29, 1.82) is 0 Å². The van der Waals surface area contributed by atoms with Crippen molar-refractivity contribution >= 4 is 29.1 Å². The fourth-order valence-corrected chi connectivity index (χ4v) is 1.67. The topological polar surface area (TPSA) is 93.0 Å². The number of hydrogen-bond acceptors (Lipinski definition) is 7. The molecule has 1 heterocycles. The molecule has 100 valence electrons. The van der Waals surface area contributed by atoms with Crippen LogP contribution >= 0.6 is 11.8 Å². The van der Waals surface area contributed by atoms with Gasteiger partial charge in [0.05, 0.1) is 4.92 Å². The molecule has 1 rings (SSSR count). The Morgan fingerprint density at radius 3 is 2.50 bits per heavy atom. The first-order valence-electron chi connectivity index (χ1n) is 5.58. The lowest BCUT2D eigenvalue weighted by Crippen LogP contribution is -2.17. The highest BCUT2D eigenvalue weighted by Gasteiger charge is 2.24. The highest BCUT2D eigenvalue weighted by atomic mass is 32.2. The van der Waals surface area contributed by atoms with Crippen LogP contribution in [0.1, 0.15) is 20.3 Å². The smallest absolute Gasteiger partial charge is 0.353 e. The molecule has 0 amide bonds. The summed E-state index contributed by atoms with van der Waals surface area (Å²) in [7, 11) is 1.60. The fraction of sp³-hybridized carbons (Fsp3) is 0.600. The van der Waals surface area contributed by atoms with Crippen molar-refractivity contribution in [3.8, 4) is 0 Å². The van der Waals surface area contributed by atoms with E-state index < -0.39 is 4.92 Å². The average Bonchev–Trinajstić information content (AvgIpc) is 2.36. The first-order chi connectivity index (χ1) is 8.53. The molecular weight excluding hydrogens is 254 g/mol. The molecular formula is C10H17N5O2S. The Morgan fingerprint density at radius 2 is 2.06 bits per heavy atom.